The molecule has 0 bridgehead atoms. The monoisotopic (exact) mass is 479 g/mol. The maximum Gasteiger partial charge on any atom is 0.262 e. The molecule has 1 aliphatic heterocycles. The summed E-state index contributed by atoms with van der Waals surface area (Å²) >= 11 is 7.68. The molecule has 9 heteroatoms. The number of carbonyl (C=O) groups excluding carboxylic acids is 1. The average molecular weight is 480 g/mol. The minimum atomic E-state index is -3.75. The van der Waals surface area contributed by atoms with E-state index in [1.54, 1.807) is 12.1 Å². The van der Waals surface area contributed by atoms with Gasteiger partial charge < -0.3 is 5.32 Å². The number of hydrogen-bond acceptors (Lipinski definition) is 5. The van der Waals surface area contributed by atoms with Crippen molar-refractivity contribution in [2.75, 3.05) is 17.6 Å². The molecule has 31 heavy (non-hydrogen) atoms. The summed E-state index contributed by atoms with van der Waals surface area (Å²) < 4.78 is 28.1. The van der Waals surface area contributed by atoms with Crippen LogP contribution >= 0.6 is 23.4 Å². The maximum absolute atomic E-state index is 12.7. The van der Waals surface area contributed by atoms with Crippen molar-refractivity contribution >= 4 is 50.8 Å². The molecule has 2 aromatic rings. The van der Waals surface area contributed by atoms with Crippen LogP contribution in [0.4, 0.5) is 5.69 Å². The lowest BCUT2D eigenvalue weighted by molar-refractivity contribution is -0.113. The fourth-order valence-corrected chi connectivity index (χ4v) is 5.56. The predicted molar refractivity (Wildman–Crippen MR) is 128 cm³/mol. The Morgan fingerprint density at radius 2 is 1.97 bits per heavy atom. The maximum atomic E-state index is 12.7. The summed E-state index contributed by atoms with van der Waals surface area (Å²) in [6.07, 6.45) is 3.56. The van der Waals surface area contributed by atoms with Crippen LogP contribution in [0.5, 0.6) is 0 Å². The number of halogens is 1. The first-order valence-electron chi connectivity index (χ1n) is 10.2. The third kappa shape index (κ3) is 6.98. The van der Waals surface area contributed by atoms with E-state index in [-0.39, 0.29) is 21.8 Å². The van der Waals surface area contributed by atoms with Crippen LogP contribution in [0.2, 0.25) is 5.02 Å². The lowest BCUT2D eigenvalue weighted by Gasteiger charge is -2.14. The number of rotatable bonds is 7. The first kappa shape index (κ1) is 23.6. The average Bonchev–Trinajstić information content (AvgIpc) is 3.01. The smallest absolute Gasteiger partial charge is 0.262 e. The minimum Gasteiger partial charge on any atom is -0.325 e. The Morgan fingerprint density at radius 3 is 2.77 bits per heavy atom. The third-order valence-corrected chi connectivity index (χ3v) is 7.77. The van der Waals surface area contributed by atoms with Crippen LogP contribution in [0.1, 0.15) is 43.4 Å². The zero-order valence-corrected chi connectivity index (χ0v) is 19.7. The Hall–Kier alpha value is -2.03. The lowest BCUT2D eigenvalue weighted by atomic mass is 10.2. The second-order valence-electron chi connectivity index (χ2n) is 7.30. The highest BCUT2D eigenvalue weighted by atomic mass is 35.5. The van der Waals surface area contributed by atoms with Crippen molar-refractivity contribution in [3.05, 3.63) is 59.1 Å². The second-order valence-corrected chi connectivity index (χ2v) is 10.7. The molecular weight excluding hydrogens is 454 g/mol. The fraction of sp³-hybridized carbons (Fsp3) is 0.364. The van der Waals surface area contributed by atoms with E-state index in [0.29, 0.717) is 29.5 Å². The molecule has 166 valence electrons. The first-order chi connectivity index (χ1) is 14.8. The Kier molecular flexibility index (Phi) is 8.40. The molecule has 0 aromatic heterocycles. The van der Waals surface area contributed by atoms with Crippen LogP contribution in [0.15, 0.2) is 58.4 Å². The van der Waals surface area contributed by atoms with Gasteiger partial charge in [-0.15, -0.1) is 11.8 Å². The van der Waals surface area contributed by atoms with E-state index in [1.807, 2.05) is 31.2 Å². The molecule has 0 aliphatic carbocycles. The SMILES string of the molecule is CC(SCC(=O)Nc1cccc(S(=O)(=O)NC2=NCCCCC2)c1)c1ccccc1Cl. The highest BCUT2D eigenvalue weighted by Crippen LogP contribution is 2.32. The van der Waals surface area contributed by atoms with E-state index >= 15 is 0 Å². The van der Waals surface area contributed by atoms with Gasteiger partial charge in [-0.25, -0.2) is 8.42 Å². The Bertz CT molecular complexity index is 1060. The number of amidine groups is 1. The molecule has 0 saturated heterocycles. The molecule has 0 spiro atoms. The van der Waals surface area contributed by atoms with Gasteiger partial charge in [-0.3, -0.25) is 14.5 Å². The molecule has 6 nitrogen and oxygen atoms in total. The van der Waals surface area contributed by atoms with Gasteiger partial charge in [0.05, 0.1) is 10.6 Å². The van der Waals surface area contributed by atoms with Gasteiger partial charge >= 0.3 is 0 Å². The number of amides is 1. The van der Waals surface area contributed by atoms with Crippen molar-refractivity contribution in [1.82, 2.24) is 4.72 Å². The highest BCUT2D eigenvalue weighted by Gasteiger charge is 2.18. The van der Waals surface area contributed by atoms with Gasteiger partial charge in [0.25, 0.3) is 10.0 Å². The lowest BCUT2D eigenvalue weighted by Crippen LogP contribution is -2.30. The summed E-state index contributed by atoms with van der Waals surface area (Å²) in [6, 6.07) is 13.8. The van der Waals surface area contributed by atoms with Crippen LogP contribution in [0.25, 0.3) is 0 Å². The summed E-state index contributed by atoms with van der Waals surface area (Å²) in [5, 5.41) is 3.50. The number of hydrogen-bond donors (Lipinski definition) is 2. The summed E-state index contributed by atoms with van der Waals surface area (Å²) in [6.45, 7) is 2.63. The van der Waals surface area contributed by atoms with Crippen molar-refractivity contribution < 1.29 is 13.2 Å². The van der Waals surface area contributed by atoms with Gasteiger partial charge in [0.15, 0.2) is 0 Å². The van der Waals surface area contributed by atoms with E-state index in [1.165, 1.54) is 23.9 Å². The molecule has 2 aromatic carbocycles. The summed E-state index contributed by atoms with van der Waals surface area (Å²) in [7, 11) is -3.75. The molecule has 0 fully saturated rings. The number of aliphatic imine (C=N–C) groups is 1. The quantitative estimate of drug-likeness (QED) is 0.583. The number of benzene rings is 2. The highest BCUT2D eigenvalue weighted by molar-refractivity contribution is 8.00. The normalized spacial score (nSPS) is 15.5. The van der Waals surface area contributed by atoms with Crippen LogP contribution in [0.3, 0.4) is 0 Å². The summed E-state index contributed by atoms with van der Waals surface area (Å²) in [5.74, 6) is 0.509. The van der Waals surface area contributed by atoms with Crippen molar-refractivity contribution in [2.45, 2.75) is 42.8 Å². The van der Waals surface area contributed by atoms with Crippen LogP contribution in [-0.4, -0.2) is 32.5 Å². The molecule has 1 unspecified atom stereocenters. The van der Waals surface area contributed by atoms with E-state index < -0.39 is 10.0 Å². The third-order valence-electron chi connectivity index (χ3n) is 4.86. The number of nitrogens with zero attached hydrogens (tertiary/aromatic N) is 1. The fourth-order valence-electron chi connectivity index (χ4n) is 3.20. The van der Waals surface area contributed by atoms with Crippen molar-refractivity contribution in [3.63, 3.8) is 0 Å². The predicted octanol–water partition coefficient (Wildman–Crippen LogP) is 5.02. The van der Waals surface area contributed by atoms with E-state index in [4.69, 9.17) is 11.6 Å². The summed E-state index contributed by atoms with van der Waals surface area (Å²) in [5.41, 5.74) is 1.41. The standard InChI is InChI=1S/C22H26ClN3O3S2/c1-16(19-10-4-5-11-20(19)23)30-15-22(27)25-17-8-7-9-18(14-17)31(28,29)26-21-12-3-2-6-13-24-21/h4-5,7-11,14,16H,2-3,6,12-13,15H2,1H3,(H,24,26)(H,25,27). The molecule has 2 N–H and O–H groups in total. The summed E-state index contributed by atoms with van der Waals surface area (Å²) in [4.78, 5) is 16.8. The van der Waals surface area contributed by atoms with Gasteiger partial charge in [0.1, 0.15) is 5.84 Å². The van der Waals surface area contributed by atoms with Crippen molar-refractivity contribution in [1.29, 1.82) is 0 Å². The Morgan fingerprint density at radius 1 is 1.16 bits per heavy atom. The first-order valence-corrected chi connectivity index (χ1v) is 13.1. The minimum absolute atomic E-state index is 0.0516. The van der Waals surface area contributed by atoms with Gasteiger partial charge in [0, 0.05) is 28.9 Å². The van der Waals surface area contributed by atoms with Crippen LogP contribution in [-0.2, 0) is 14.8 Å². The molecular formula is C22H26ClN3O3S2. The number of anilines is 1. The van der Waals surface area contributed by atoms with E-state index in [9.17, 15) is 13.2 Å². The van der Waals surface area contributed by atoms with Crippen LogP contribution in [0, 0.1) is 0 Å². The van der Waals surface area contributed by atoms with E-state index in [2.05, 4.69) is 15.0 Å². The molecule has 0 radical (unpaired) electrons. The molecule has 1 atom stereocenters. The van der Waals surface area contributed by atoms with Gasteiger partial charge in [0.2, 0.25) is 5.91 Å². The number of sulfonamides is 1. The number of carbonyl (C=O) groups is 1. The Balaban J connectivity index is 1.60. The number of nitrogens with one attached hydrogen (secondary N) is 2. The topological polar surface area (TPSA) is 87.6 Å². The molecule has 0 saturated carbocycles. The number of thioether (sulfide) groups is 1. The molecule has 3 rings (SSSR count). The zero-order chi connectivity index (χ0) is 22.3. The van der Waals surface area contributed by atoms with E-state index in [0.717, 1.165) is 24.8 Å². The molecule has 1 aliphatic rings. The van der Waals surface area contributed by atoms with Gasteiger partial charge in [-0.1, -0.05) is 42.3 Å². The van der Waals surface area contributed by atoms with Crippen molar-refractivity contribution in [2.24, 2.45) is 4.99 Å². The van der Waals surface area contributed by atoms with Crippen molar-refractivity contribution in [3.8, 4) is 0 Å². The molecule has 1 heterocycles. The zero-order valence-electron chi connectivity index (χ0n) is 17.3. The van der Waals surface area contributed by atoms with Crippen LogP contribution < -0.4 is 10.0 Å². The Labute approximate surface area is 192 Å². The second kappa shape index (κ2) is 11.0. The van der Waals surface area contributed by atoms with Gasteiger partial charge in [-0.2, -0.15) is 0 Å². The van der Waals surface area contributed by atoms with Gasteiger partial charge in [-0.05, 0) is 49.6 Å². The largest absolute Gasteiger partial charge is 0.325 e. The molecule has 1 amide bonds.